The Morgan fingerprint density at radius 3 is 2.33 bits per heavy atom. The maximum atomic E-state index is 5.96. The summed E-state index contributed by atoms with van der Waals surface area (Å²) in [6, 6.07) is 5.57. The van der Waals surface area contributed by atoms with E-state index in [9.17, 15) is 0 Å². The average molecular weight is 446 g/mol. The lowest BCUT2D eigenvalue weighted by Crippen LogP contribution is -2.39. The van der Waals surface area contributed by atoms with Gasteiger partial charge >= 0.3 is 0 Å². The molecule has 120 valence electrons. The Labute approximate surface area is 153 Å². The minimum absolute atomic E-state index is 0. The number of benzene rings is 1. The number of nitrogens with one attached hydrogen (secondary N) is 2. The van der Waals surface area contributed by atoms with E-state index in [4.69, 9.17) is 27.9 Å². The molecule has 0 heterocycles. The van der Waals surface area contributed by atoms with Crippen LogP contribution in [0.2, 0.25) is 10.0 Å². The zero-order valence-electron chi connectivity index (χ0n) is 12.3. The monoisotopic (exact) mass is 445 g/mol. The predicted molar refractivity (Wildman–Crippen MR) is 101 cm³/mol. The Hall–Kier alpha value is -0.240. The summed E-state index contributed by atoms with van der Waals surface area (Å²) in [5.41, 5.74) is 1.10. The zero-order chi connectivity index (χ0) is 14.8. The van der Waals surface area contributed by atoms with E-state index in [-0.39, 0.29) is 24.0 Å². The van der Waals surface area contributed by atoms with Crippen molar-refractivity contribution in [1.82, 2.24) is 10.6 Å². The molecule has 0 radical (unpaired) electrons. The highest BCUT2D eigenvalue weighted by atomic mass is 127. The van der Waals surface area contributed by atoms with Crippen LogP contribution in [0.1, 0.15) is 12.0 Å². The number of methoxy groups -OCH3 is 1. The molecule has 0 spiro atoms. The Morgan fingerprint density at radius 1 is 1.14 bits per heavy atom. The van der Waals surface area contributed by atoms with Crippen molar-refractivity contribution in [1.29, 1.82) is 0 Å². The van der Waals surface area contributed by atoms with Gasteiger partial charge in [-0.1, -0.05) is 23.2 Å². The molecule has 2 N–H and O–H groups in total. The van der Waals surface area contributed by atoms with Gasteiger partial charge in [-0.15, -0.1) is 24.0 Å². The first-order valence-corrected chi connectivity index (χ1v) is 7.29. The van der Waals surface area contributed by atoms with Crippen LogP contribution >= 0.6 is 47.2 Å². The highest BCUT2D eigenvalue weighted by molar-refractivity contribution is 14.0. The maximum Gasteiger partial charge on any atom is 0.190 e. The van der Waals surface area contributed by atoms with Gasteiger partial charge in [0.2, 0.25) is 0 Å². The third-order valence-electron chi connectivity index (χ3n) is 2.67. The summed E-state index contributed by atoms with van der Waals surface area (Å²) in [5.74, 6) is 0.786. The first kappa shape index (κ1) is 20.8. The molecular weight excluding hydrogens is 424 g/mol. The van der Waals surface area contributed by atoms with Crippen LogP contribution in [0.5, 0.6) is 0 Å². The van der Waals surface area contributed by atoms with Crippen LogP contribution in [-0.4, -0.2) is 39.8 Å². The van der Waals surface area contributed by atoms with E-state index in [0.29, 0.717) is 10.0 Å². The van der Waals surface area contributed by atoms with Crippen LogP contribution in [0.3, 0.4) is 0 Å². The standard InChI is InChI=1S/C14H21Cl2N3O.HI/c1-17-14(18-5-3-7-20-2)19-6-4-11-8-12(15)10-13(16)9-11;/h8-10H,3-7H2,1-2H3,(H2,17,18,19);1H. The van der Waals surface area contributed by atoms with Gasteiger partial charge in [0.05, 0.1) is 0 Å². The maximum absolute atomic E-state index is 5.96. The molecule has 0 aliphatic carbocycles. The van der Waals surface area contributed by atoms with Crippen molar-refractivity contribution in [3.05, 3.63) is 33.8 Å². The van der Waals surface area contributed by atoms with Crippen LogP contribution in [0, 0.1) is 0 Å². The Bertz CT molecular complexity index is 424. The first-order chi connectivity index (χ1) is 9.65. The lowest BCUT2D eigenvalue weighted by Gasteiger charge is -2.11. The normalized spacial score (nSPS) is 11.0. The van der Waals surface area contributed by atoms with Crippen molar-refractivity contribution in [2.45, 2.75) is 12.8 Å². The van der Waals surface area contributed by atoms with Gasteiger partial charge in [-0.2, -0.15) is 0 Å². The van der Waals surface area contributed by atoms with Crippen LogP contribution in [-0.2, 0) is 11.2 Å². The number of rotatable bonds is 7. The molecule has 0 bridgehead atoms. The van der Waals surface area contributed by atoms with E-state index in [1.54, 1.807) is 20.2 Å². The van der Waals surface area contributed by atoms with Gasteiger partial charge in [-0.05, 0) is 36.6 Å². The molecule has 0 saturated carbocycles. The second-order valence-corrected chi connectivity index (χ2v) is 5.17. The third-order valence-corrected chi connectivity index (χ3v) is 3.11. The molecular formula is C14H22Cl2IN3O. The number of aliphatic imine (C=N–C) groups is 1. The van der Waals surface area contributed by atoms with Crippen molar-refractivity contribution < 1.29 is 4.74 Å². The number of ether oxygens (including phenoxy) is 1. The largest absolute Gasteiger partial charge is 0.385 e. The molecule has 0 atom stereocenters. The zero-order valence-corrected chi connectivity index (χ0v) is 16.1. The molecule has 7 heteroatoms. The van der Waals surface area contributed by atoms with Crippen LogP contribution in [0.15, 0.2) is 23.2 Å². The fourth-order valence-electron chi connectivity index (χ4n) is 1.72. The highest BCUT2D eigenvalue weighted by Crippen LogP contribution is 2.19. The SMILES string of the molecule is CN=C(NCCCOC)NCCc1cc(Cl)cc(Cl)c1.I. The van der Waals surface area contributed by atoms with Crippen molar-refractivity contribution in [3.8, 4) is 0 Å². The van der Waals surface area contributed by atoms with E-state index < -0.39 is 0 Å². The average Bonchev–Trinajstić information content (AvgIpc) is 2.40. The summed E-state index contributed by atoms with van der Waals surface area (Å²) in [6.45, 7) is 2.34. The first-order valence-electron chi connectivity index (χ1n) is 6.54. The van der Waals surface area contributed by atoms with Crippen molar-refractivity contribution >= 4 is 53.1 Å². The van der Waals surface area contributed by atoms with Gasteiger partial charge in [0.1, 0.15) is 0 Å². The highest BCUT2D eigenvalue weighted by Gasteiger charge is 2.00. The molecule has 0 aliphatic heterocycles. The van der Waals surface area contributed by atoms with Crippen molar-refractivity contribution in [2.75, 3.05) is 33.9 Å². The van der Waals surface area contributed by atoms with Crippen molar-refractivity contribution in [2.24, 2.45) is 4.99 Å². The summed E-state index contributed by atoms with van der Waals surface area (Å²) < 4.78 is 4.99. The van der Waals surface area contributed by atoms with Crippen LogP contribution in [0.4, 0.5) is 0 Å². The van der Waals surface area contributed by atoms with E-state index in [0.717, 1.165) is 44.1 Å². The molecule has 0 aromatic heterocycles. The summed E-state index contributed by atoms with van der Waals surface area (Å²) in [5, 5.41) is 7.79. The second-order valence-electron chi connectivity index (χ2n) is 4.30. The number of halogens is 3. The molecule has 0 aliphatic rings. The number of hydrogen-bond acceptors (Lipinski definition) is 2. The predicted octanol–water partition coefficient (Wildman–Crippen LogP) is 3.36. The fraction of sp³-hybridized carbons (Fsp3) is 0.500. The Morgan fingerprint density at radius 2 is 1.76 bits per heavy atom. The molecule has 21 heavy (non-hydrogen) atoms. The van der Waals surface area contributed by atoms with Crippen LogP contribution in [0.25, 0.3) is 0 Å². The molecule has 1 rings (SSSR count). The summed E-state index contributed by atoms with van der Waals surface area (Å²) in [4.78, 5) is 4.15. The number of guanidine groups is 1. The molecule has 0 fully saturated rings. The molecule has 0 amide bonds. The van der Waals surface area contributed by atoms with Gasteiger partial charge in [0.15, 0.2) is 5.96 Å². The van der Waals surface area contributed by atoms with E-state index in [1.165, 1.54) is 0 Å². The molecule has 1 aromatic rings. The summed E-state index contributed by atoms with van der Waals surface area (Å²) in [7, 11) is 3.45. The third kappa shape index (κ3) is 9.39. The van der Waals surface area contributed by atoms with E-state index in [2.05, 4.69) is 15.6 Å². The molecule has 4 nitrogen and oxygen atoms in total. The summed E-state index contributed by atoms with van der Waals surface area (Å²) in [6.07, 6.45) is 1.78. The van der Waals surface area contributed by atoms with E-state index >= 15 is 0 Å². The molecule has 0 unspecified atom stereocenters. The van der Waals surface area contributed by atoms with E-state index in [1.807, 2.05) is 12.1 Å². The minimum atomic E-state index is 0. The second kappa shape index (κ2) is 12.3. The van der Waals surface area contributed by atoms with Gasteiger partial charge in [-0.25, -0.2) is 0 Å². The molecule has 1 aromatic carbocycles. The van der Waals surface area contributed by atoms with Gasteiger partial charge in [0.25, 0.3) is 0 Å². The van der Waals surface area contributed by atoms with Gasteiger partial charge in [-0.3, -0.25) is 4.99 Å². The Balaban J connectivity index is 0.00000400. The number of nitrogens with zero attached hydrogens (tertiary/aromatic N) is 1. The number of hydrogen-bond donors (Lipinski definition) is 2. The quantitative estimate of drug-likeness (QED) is 0.293. The molecule has 0 saturated heterocycles. The van der Waals surface area contributed by atoms with Gasteiger partial charge in [0, 0.05) is 43.9 Å². The van der Waals surface area contributed by atoms with Crippen molar-refractivity contribution in [3.63, 3.8) is 0 Å². The fourth-order valence-corrected chi connectivity index (χ4v) is 2.30. The smallest absolute Gasteiger partial charge is 0.190 e. The lowest BCUT2D eigenvalue weighted by atomic mass is 10.1. The topological polar surface area (TPSA) is 45.7 Å². The lowest BCUT2D eigenvalue weighted by molar-refractivity contribution is 0.195. The van der Waals surface area contributed by atoms with Gasteiger partial charge < -0.3 is 15.4 Å². The van der Waals surface area contributed by atoms with Crippen LogP contribution < -0.4 is 10.6 Å². The summed E-state index contributed by atoms with van der Waals surface area (Å²) >= 11 is 11.9. The Kier molecular flexibility index (Phi) is 12.2. The minimum Gasteiger partial charge on any atom is -0.385 e.